The highest BCUT2D eigenvalue weighted by Gasteiger charge is 2.46. The van der Waals surface area contributed by atoms with Gasteiger partial charge in [-0.15, -0.1) is 0 Å². The lowest BCUT2D eigenvalue weighted by Gasteiger charge is -2.09. The molecule has 4 nitrogen and oxygen atoms in total. The van der Waals surface area contributed by atoms with E-state index in [1.807, 2.05) is 0 Å². The molecular formula is C23H13F5N2O2S. The topological polar surface area (TPSA) is 59.9 Å². The maximum atomic E-state index is 13.9. The van der Waals surface area contributed by atoms with Crippen LogP contribution in [0.3, 0.4) is 0 Å². The van der Waals surface area contributed by atoms with Crippen molar-refractivity contribution in [3.63, 3.8) is 0 Å². The molecule has 1 aromatic heterocycles. The lowest BCUT2D eigenvalue weighted by molar-refractivity contribution is -0.0436. The van der Waals surface area contributed by atoms with Crippen molar-refractivity contribution in [2.24, 2.45) is 0 Å². The minimum atomic E-state index is -5.41. The monoisotopic (exact) mass is 476 g/mol. The summed E-state index contributed by atoms with van der Waals surface area (Å²) < 4.78 is 88.8. The lowest BCUT2D eigenvalue weighted by Crippen LogP contribution is -2.23. The molecule has 0 amide bonds. The predicted octanol–water partition coefficient (Wildman–Crippen LogP) is 6.05. The van der Waals surface area contributed by atoms with E-state index in [1.54, 1.807) is 24.3 Å². The van der Waals surface area contributed by atoms with Crippen LogP contribution >= 0.6 is 0 Å². The molecule has 0 atom stereocenters. The highest BCUT2D eigenvalue weighted by atomic mass is 32.2. The van der Waals surface area contributed by atoms with Gasteiger partial charge in [0.2, 0.25) is 0 Å². The second kappa shape index (κ2) is 8.36. The Bertz CT molecular complexity index is 1380. The molecule has 4 aromatic rings. The molecule has 0 saturated carbocycles. The van der Waals surface area contributed by atoms with Crippen LogP contribution < -0.4 is 0 Å². The molecular weight excluding hydrogens is 463 g/mol. The number of nitrogens with zero attached hydrogens (tertiary/aromatic N) is 2. The lowest BCUT2D eigenvalue weighted by atomic mass is 10.0. The minimum absolute atomic E-state index is 0.0973. The Kier molecular flexibility index (Phi) is 5.71. The molecule has 0 fully saturated rings. The zero-order chi connectivity index (χ0) is 23.8. The standard InChI is InChI=1S/C23H13F5N2O2S/c24-19-2-1-3-20(25)21(19)22-29-12-17(13-30-22)16-6-4-14(5-7-16)15-8-10-18(11-9-15)33(31,32)23(26,27)28/h1-13H. The summed E-state index contributed by atoms with van der Waals surface area (Å²) in [5, 5.41) is 0. The maximum Gasteiger partial charge on any atom is 0.501 e. The second-order valence-corrected chi connectivity index (χ2v) is 8.88. The van der Waals surface area contributed by atoms with Crippen molar-refractivity contribution >= 4 is 9.84 Å². The Hall–Kier alpha value is -3.66. The van der Waals surface area contributed by atoms with E-state index in [0.717, 1.165) is 24.3 Å². The Morgan fingerprint density at radius 3 is 1.52 bits per heavy atom. The van der Waals surface area contributed by atoms with Crippen molar-refractivity contribution in [3.05, 3.63) is 90.8 Å². The van der Waals surface area contributed by atoms with Gasteiger partial charge < -0.3 is 0 Å². The largest absolute Gasteiger partial charge is 0.501 e. The Morgan fingerprint density at radius 1 is 0.636 bits per heavy atom. The molecule has 10 heteroatoms. The Morgan fingerprint density at radius 2 is 1.06 bits per heavy atom. The molecule has 0 aliphatic rings. The molecule has 4 rings (SSSR count). The molecule has 0 aliphatic carbocycles. The zero-order valence-corrected chi connectivity index (χ0v) is 17.3. The third-order valence-electron chi connectivity index (χ3n) is 4.86. The van der Waals surface area contributed by atoms with Crippen molar-refractivity contribution in [3.8, 4) is 33.6 Å². The van der Waals surface area contributed by atoms with Gasteiger partial charge in [-0.25, -0.2) is 27.2 Å². The van der Waals surface area contributed by atoms with Crippen LogP contribution in [-0.2, 0) is 9.84 Å². The van der Waals surface area contributed by atoms with Crippen LogP contribution in [-0.4, -0.2) is 23.9 Å². The van der Waals surface area contributed by atoms with E-state index in [0.29, 0.717) is 22.3 Å². The van der Waals surface area contributed by atoms with Crippen LogP contribution in [0.1, 0.15) is 0 Å². The summed E-state index contributed by atoms with van der Waals surface area (Å²) in [4.78, 5) is 7.25. The second-order valence-electron chi connectivity index (χ2n) is 6.94. The number of alkyl halides is 3. The van der Waals surface area contributed by atoms with Gasteiger partial charge in [-0.3, -0.25) is 0 Å². The fraction of sp³-hybridized carbons (Fsp3) is 0.0435. The fourth-order valence-electron chi connectivity index (χ4n) is 3.13. The Labute approximate surface area is 185 Å². The average molecular weight is 476 g/mol. The van der Waals surface area contributed by atoms with Crippen molar-refractivity contribution < 1.29 is 30.4 Å². The van der Waals surface area contributed by atoms with Crippen molar-refractivity contribution in [1.29, 1.82) is 0 Å². The normalized spacial score (nSPS) is 12.0. The smallest absolute Gasteiger partial charge is 0.236 e. The van der Waals surface area contributed by atoms with Gasteiger partial charge in [-0.05, 0) is 41.0 Å². The van der Waals surface area contributed by atoms with E-state index in [2.05, 4.69) is 9.97 Å². The summed E-state index contributed by atoms with van der Waals surface area (Å²) in [5.74, 6) is -1.65. The predicted molar refractivity (Wildman–Crippen MR) is 111 cm³/mol. The highest BCUT2D eigenvalue weighted by Crippen LogP contribution is 2.32. The van der Waals surface area contributed by atoms with Gasteiger partial charge in [0.15, 0.2) is 5.82 Å². The summed E-state index contributed by atoms with van der Waals surface area (Å²) in [6.07, 6.45) is 2.83. The summed E-state index contributed by atoms with van der Waals surface area (Å²) in [6.45, 7) is 0. The minimum Gasteiger partial charge on any atom is -0.236 e. The molecule has 3 aromatic carbocycles. The first kappa shape index (κ1) is 22.5. The first-order valence-electron chi connectivity index (χ1n) is 9.36. The molecule has 0 aliphatic heterocycles. The van der Waals surface area contributed by atoms with E-state index in [1.165, 1.54) is 30.6 Å². The molecule has 0 saturated heterocycles. The summed E-state index contributed by atoms with van der Waals surface area (Å²) in [5.41, 5.74) is -3.27. The first-order valence-corrected chi connectivity index (χ1v) is 10.8. The number of sulfone groups is 1. The van der Waals surface area contributed by atoms with E-state index in [9.17, 15) is 30.4 Å². The van der Waals surface area contributed by atoms with Gasteiger partial charge in [0, 0.05) is 18.0 Å². The average Bonchev–Trinajstić information content (AvgIpc) is 2.79. The summed E-state index contributed by atoms with van der Waals surface area (Å²) >= 11 is 0. The van der Waals surface area contributed by atoms with Crippen molar-refractivity contribution in [2.75, 3.05) is 0 Å². The number of halogens is 5. The van der Waals surface area contributed by atoms with Gasteiger partial charge in [-0.1, -0.05) is 42.5 Å². The summed E-state index contributed by atoms with van der Waals surface area (Å²) in [6, 6.07) is 14.6. The number of hydrogen-bond donors (Lipinski definition) is 0. The maximum absolute atomic E-state index is 13.9. The van der Waals surface area contributed by atoms with Crippen LogP contribution in [0.25, 0.3) is 33.6 Å². The molecule has 33 heavy (non-hydrogen) atoms. The molecule has 168 valence electrons. The zero-order valence-electron chi connectivity index (χ0n) is 16.5. The number of rotatable bonds is 4. The number of benzene rings is 3. The molecule has 0 unspecified atom stereocenters. The SMILES string of the molecule is O=S(=O)(c1ccc(-c2ccc(-c3cnc(-c4c(F)cccc4F)nc3)cc2)cc1)C(F)(F)F. The Balaban J connectivity index is 1.57. The van der Waals surface area contributed by atoms with Crippen molar-refractivity contribution in [1.82, 2.24) is 9.97 Å². The fourth-order valence-corrected chi connectivity index (χ4v) is 3.89. The molecule has 0 radical (unpaired) electrons. The quantitative estimate of drug-likeness (QED) is 0.337. The van der Waals surface area contributed by atoms with Crippen LogP contribution in [0, 0.1) is 11.6 Å². The van der Waals surface area contributed by atoms with E-state index in [4.69, 9.17) is 0 Å². The van der Waals surface area contributed by atoms with Crippen LogP contribution in [0.2, 0.25) is 0 Å². The van der Waals surface area contributed by atoms with E-state index >= 15 is 0 Å². The molecule has 0 bridgehead atoms. The third kappa shape index (κ3) is 4.34. The van der Waals surface area contributed by atoms with Gasteiger partial charge in [-0.2, -0.15) is 13.2 Å². The molecule has 0 N–H and O–H groups in total. The third-order valence-corrected chi connectivity index (χ3v) is 6.36. The van der Waals surface area contributed by atoms with Gasteiger partial charge >= 0.3 is 5.51 Å². The summed E-state index contributed by atoms with van der Waals surface area (Å²) in [7, 11) is -5.41. The van der Waals surface area contributed by atoms with Crippen LogP contribution in [0.5, 0.6) is 0 Å². The molecule has 0 spiro atoms. The molecule has 1 heterocycles. The van der Waals surface area contributed by atoms with E-state index < -0.39 is 31.9 Å². The highest BCUT2D eigenvalue weighted by molar-refractivity contribution is 7.92. The van der Waals surface area contributed by atoms with E-state index in [-0.39, 0.29) is 11.4 Å². The first-order chi connectivity index (χ1) is 15.6. The van der Waals surface area contributed by atoms with Crippen molar-refractivity contribution in [2.45, 2.75) is 10.4 Å². The van der Waals surface area contributed by atoms with Crippen LogP contribution in [0.4, 0.5) is 22.0 Å². The number of hydrogen-bond acceptors (Lipinski definition) is 4. The van der Waals surface area contributed by atoms with Crippen LogP contribution in [0.15, 0.2) is 84.0 Å². The number of aromatic nitrogens is 2. The van der Waals surface area contributed by atoms with Gasteiger partial charge in [0.05, 0.1) is 10.5 Å². The van der Waals surface area contributed by atoms with Gasteiger partial charge in [0.25, 0.3) is 9.84 Å². The van der Waals surface area contributed by atoms with Gasteiger partial charge in [0.1, 0.15) is 11.6 Å².